The zero-order chi connectivity index (χ0) is 15.7. The van der Waals surface area contributed by atoms with Crippen LogP contribution in [-0.4, -0.2) is 15.7 Å². The number of nitro groups is 2. The molecule has 9 nitrogen and oxygen atoms in total. The lowest BCUT2D eigenvalue weighted by molar-refractivity contribution is -0.385. The highest BCUT2D eigenvalue weighted by atomic mass is 16.7. The zero-order valence-corrected chi connectivity index (χ0v) is 10.9. The Morgan fingerprint density at radius 2 is 1.59 bits per heavy atom. The average molecular weight is 300 g/mol. The van der Waals surface area contributed by atoms with Crippen molar-refractivity contribution < 1.29 is 14.7 Å². The van der Waals surface area contributed by atoms with Crippen molar-refractivity contribution in [2.24, 2.45) is 4.99 Å². The molecule has 0 atom stereocenters. The molecule has 0 radical (unpaired) electrons. The van der Waals surface area contributed by atoms with Crippen molar-refractivity contribution in [3.63, 3.8) is 0 Å². The Bertz CT molecular complexity index is 801. The molecule has 3 rings (SSSR count). The van der Waals surface area contributed by atoms with Gasteiger partial charge in [-0.3, -0.25) is 20.2 Å². The van der Waals surface area contributed by atoms with Crippen LogP contribution in [-0.2, 0) is 0 Å². The van der Waals surface area contributed by atoms with Crippen LogP contribution in [0, 0.1) is 20.2 Å². The van der Waals surface area contributed by atoms with Crippen molar-refractivity contribution in [3.8, 4) is 5.75 Å². The minimum Gasteiger partial charge on any atom is -0.378 e. The first-order chi connectivity index (χ1) is 10.5. The molecule has 9 heteroatoms. The first-order valence-corrected chi connectivity index (χ1v) is 6.09. The molecule has 1 heterocycles. The van der Waals surface area contributed by atoms with E-state index in [1.54, 1.807) is 0 Å². The molecule has 1 aliphatic heterocycles. The molecule has 2 aromatic rings. The summed E-state index contributed by atoms with van der Waals surface area (Å²) < 4.78 is 0. The smallest absolute Gasteiger partial charge is 0.271 e. The van der Waals surface area contributed by atoms with E-state index in [1.807, 2.05) is 0 Å². The summed E-state index contributed by atoms with van der Waals surface area (Å²) in [6.45, 7) is 0. The Morgan fingerprint density at radius 3 is 2.23 bits per heavy atom. The average Bonchev–Trinajstić information content (AvgIpc) is 2.53. The zero-order valence-electron chi connectivity index (χ0n) is 10.9. The molecule has 0 fully saturated rings. The van der Waals surface area contributed by atoms with Crippen molar-refractivity contribution in [1.82, 2.24) is 5.48 Å². The maximum Gasteiger partial charge on any atom is 0.271 e. The van der Waals surface area contributed by atoms with Gasteiger partial charge in [-0.2, -0.15) is 0 Å². The van der Waals surface area contributed by atoms with E-state index in [0.717, 1.165) is 0 Å². The van der Waals surface area contributed by atoms with Gasteiger partial charge in [0.05, 0.1) is 9.85 Å². The summed E-state index contributed by atoms with van der Waals surface area (Å²) in [5.74, 6) is 0.666. The number of nitro benzene ring substituents is 2. The maximum atomic E-state index is 10.8. The van der Waals surface area contributed by atoms with Gasteiger partial charge in [0.2, 0.25) is 0 Å². The molecular formula is C13H8N4O5. The van der Waals surface area contributed by atoms with E-state index in [-0.39, 0.29) is 11.4 Å². The van der Waals surface area contributed by atoms with Gasteiger partial charge in [0.15, 0.2) is 11.6 Å². The number of nitrogens with one attached hydrogen (secondary N) is 1. The van der Waals surface area contributed by atoms with E-state index in [0.29, 0.717) is 22.8 Å². The molecule has 0 saturated heterocycles. The monoisotopic (exact) mass is 300 g/mol. The van der Waals surface area contributed by atoms with Gasteiger partial charge < -0.3 is 4.84 Å². The normalized spacial score (nSPS) is 12.5. The molecule has 0 bridgehead atoms. The summed E-state index contributed by atoms with van der Waals surface area (Å²) in [4.78, 5) is 29.9. The second kappa shape index (κ2) is 5.13. The molecule has 0 aromatic heterocycles. The third-order valence-electron chi connectivity index (χ3n) is 2.99. The third-order valence-corrected chi connectivity index (χ3v) is 2.99. The Morgan fingerprint density at radius 1 is 0.955 bits per heavy atom. The second-order valence-corrected chi connectivity index (χ2v) is 4.38. The van der Waals surface area contributed by atoms with E-state index in [4.69, 9.17) is 4.84 Å². The predicted octanol–water partition coefficient (Wildman–Crippen LogP) is 2.48. The Balaban J connectivity index is 1.97. The van der Waals surface area contributed by atoms with E-state index in [2.05, 4.69) is 10.5 Å². The molecule has 1 aliphatic rings. The standard InChI is InChI=1S/C13H8N4O5/c18-16(19)9-3-1-8(2-4-9)13-14-11-7-10(17(20)21)5-6-12(11)22-15-13/h1-7H,(H,14,15). The minimum atomic E-state index is -0.524. The van der Waals surface area contributed by atoms with Crippen LogP contribution in [0.1, 0.15) is 5.56 Å². The largest absolute Gasteiger partial charge is 0.378 e. The van der Waals surface area contributed by atoms with Crippen molar-refractivity contribution in [1.29, 1.82) is 0 Å². The van der Waals surface area contributed by atoms with E-state index in [9.17, 15) is 20.2 Å². The van der Waals surface area contributed by atoms with Gasteiger partial charge in [-0.05, 0) is 18.2 Å². The fourth-order valence-corrected chi connectivity index (χ4v) is 1.90. The number of nitrogens with zero attached hydrogens (tertiary/aromatic N) is 3. The third kappa shape index (κ3) is 2.42. The van der Waals surface area contributed by atoms with E-state index < -0.39 is 9.85 Å². The summed E-state index contributed by atoms with van der Waals surface area (Å²) in [6.07, 6.45) is 0. The highest BCUT2D eigenvalue weighted by Gasteiger charge is 2.18. The number of hydrogen-bond acceptors (Lipinski definition) is 7. The number of hydrogen-bond donors (Lipinski definition) is 1. The molecule has 2 aromatic carbocycles. The van der Waals surface area contributed by atoms with Crippen LogP contribution in [0.3, 0.4) is 0 Å². The van der Waals surface area contributed by atoms with Gasteiger partial charge in [-0.25, -0.2) is 10.5 Å². The van der Waals surface area contributed by atoms with Crippen LogP contribution in [0.2, 0.25) is 0 Å². The van der Waals surface area contributed by atoms with Crippen molar-refractivity contribution in [2.45, 2.75) is 0 Å². The molecule has 110 valence electrons. The van der Waals surface area contributed by atoms with Crippen molar-refractivity contribution >= 4 is 22.9 Å². The van der Waals surface area contributed by atoms with E-state index in [1.165, 1.54) is 42.5 Å². The van der Waals surface area contributed by atoms with Gasteiger partial charge in [0.1, 0.15) is 5.69 Å². The fraction of sp³-hybridized carbons (Fsp3) is 0. The SMILES string of the molecule is O=[N+]([O-])c1ccc(C2=Nc3cc([N+](=O)[O-])ccc3ON2)cc1. The second-order valence-electron chi connectivity index (χ2n) is 4.38. The van der Waals surface area contributed by atoms with Crippen molar-refractivity contribution in [2.75, 3.05) is 0 Å². The molecule has 0 amide bonds. The Labute approximate surface area is 123 Å². The number of rotatable bonds is 3. The number of amidine groups is 1. The predicted molar refractivity (Wildman–Crippen MR) is 76.2 cm³/mol. The van der Waals surface area contributed by atoms with Crippen LogP contribution < -0.4 is 10.3 Å². The van der Waals surface area contributed by atoms with Gasteiger partial charge in [0.25, 0.3) is 11.4 Å². The van der Waals surface area contributed by atoms with Gasteiger partial charge in [-0.15, -0.1) is 0 Å². The van der Waals surface area contributed by atoms with Crippen LogP contribution in [0.5, 0.6) is 5.75 Å². The Kier molecular flexibility index (Phi) is 3.14. The number of non-ortho nitro benzene ring substituents is 2. The minimum absolute atomic E-state index is 0.0443. The number of fused-ring (bicyclic) bond motifs is 1. The van der Waals surface area contributed by atoms with E-state index >= 15 is 0 Å². The van der Waals surface area contributed by atoms with Crippen LogP contribution in [0.25, 0.3) is 0 Å². The number of benzene rings is 2. The highest BCUT2D eigenvalue weighted by Crippen LogP contribution is 2.33. The molecule has 1 N–H and O–H groups in total. The maximum absolute atomic E-state index is 10.8. The lowest BCUT2D eigenvalue weighted by Crippen LogP contribution is -2.30. The van der Waals surface area contributed by atoms with Gasteiger partial charge in [-0.1, -0.05) is 0 Å². The quantitative estimate of drug-likeness (QED) is 0.686. The first-order valence-electron chi connectivity index (χ1n) is 6.09. The highest BCUT2D eigenvalue weighted by molar-refractivity contribution is 6.01. The molecule has 0 aliphatic carbocycles. The summed E-state index contributed by atoms with van der Waals surface area (Å²) in [7, 11) is 0. The summed E-state index contributed by atoms with van der Waals surface area (Å²) in [5, 5.41) is 21.4. The lowest BCUT2D eigenvalue weighted by atomic mass is 10.2. The molecule has 22 heavy (non-hydrogen) atoms. The lowest BCUT2D eigenvalue weighted by Gasteiger charge is -2.17. The summed E-state index contributed by atoms with van der Waals surface area (Å²) >= 11 is 0. The summed E-state index contributed by atoms with van der Waals surface area (Å²) in [6, 6.07) is 9.74. The molecule has 0 spiro atoms. The molecular weight excluding hydrogens is 292 g/mol. The Hall–Kier alpha value is -3.49. The van der Waals surface area contributed by atoms with Gasteiger partial charge >= 0.3 is 0 Å². The van der Waals surface area contributed by atoms with Gasteiger partial charge in [0, 0.05) is 29.8 Å². The number of hydroxylamine groups is 1. The van der Waals surface area contributed by atoms with Crippen molar-refractivity contribution in [3.05, 3.63) is 68.3 Å². The molecule has 0 unspecified atom stereocenters. The first kappa shape index (κ1) is 13.5. The summed E-state index contributed by atoms with van der Waals surface area (Å²) in [5.41, 5.74) is 3.32. The topological polar surface area (TPSA) is 120 Å². The van der Waals surface area contributed by atoms with Crippen LogP contribution >= 0.6 is 0 Å². The van der Waals surface area contributed by atoms with Crippen LogP contribution in [0.15, 0.2) is 47.5 Å². The molecule has 0 saturated carbocycles. The van der Waals surface area contributed by atoms with Crippen LogP contribution in [0.4, 0.5) is 17.1 Å². The fourth-order valence-electron chi connectivity index (χ4n) is 1.90. The number of aliphatic imine (C=N–C) groups is 1.